The number of nitrogens with zero attached hydrogens (tertiary/aromatic N) is 2. The Kier molecular flexibility index (Phi) is 5.20. The van der Waals surface area contributed by atoms with Gasteiger partial charge in [-0.15, -0.1) is 0 Å². The third-order valence-corrected chi connectivity index (χ3v) is 3.86. The summed E-state index contributed by atoms with van der Waals surface area (Å²) in [5, 5.41) is 16.8. The number of rotatable bonds is 6. The van der Waals surface area contributed by atoms with Crippen molar-refractivity contribution >= 4 is 23.1 Å². The van der Waals surface area contributed by atoms with Crippen molar-refractivity contribution in [2.45, 2.75) is 25.5 Å². The molecule has 1 aliphatic rings. The molecule has 2 N–H and O–H groups in total. The Bertz CT molecular complexity index is 775. The van der Waals surface area contributed by atoms with E-state index in [2.05, 4.69) is 15.6 Å². The zero-order valence-corrected chi connectivity index (χ0v) is 13.5. The Balaban J connectivity index is 1.64. The molecule has 8 heteroatoms. The molecule has 8 nitrogen and oxygen atoms in total. The van der Waals surface area contributed by atoms with Crippen molar-refractivity contribution in [1.29, 1.82) is 0 Å². The van der Waals surface area contributed by atoms with Gasteiger partial charge in [0.15, 0.2) is 0 Å². The summed E-state index contributed by atoms with van der Waals surface area (Å²) in [5.41, 5.74) is 1.45. The van der Waals surface area contributed by atoms with Crippen LogP contribution >= 0.6 is 0 Å². The van der Waals surface area contributed by atoms with Crippen molar-refractivity contribution in [1.82, 2.24) is 4.98 Å². The predicted molar refractivity (Wildman–Crippen MR) is 92.3 cm³/mol. The van der Waals surface area contributed by atoms with Crippen LogP contribution in [-0.4, -0.2) is 28.5 Å². The van der Waals surface area contributed by atoms with E-state index in [-0.39, 0.29) is 17.4 Å². The number of hydrogen-bond acceptors (Lipinski definition) is 6. The summed E-state index contributed by atoms with van der Waals surface area (Å²) < 4.78 is 5.36. The number of carbonyl (C=O) groups is 1. The molecule has 1 saturated heterocycles. The standard InChI is InChI=1S/C17H18N4O4/c22-17(15-7-3-9-25-15)20-13-5-1-4-12(10-13)11-19-16-14(21(23)24)6-2-8-18-16/h1-2,4-6,8,10,15H,3,7,9,11H2,(H,18,19)(H,20,22)/t15-/m1/s1. The Hall–Kier alpha value is -3.00. The number of carbonyl (C=O) groups excluding carboxylic acids is 1. The van der Waals surface area contributed by atoms with Gasteiger partial charge < -0.3 is 15.4 Å². The molecule has 1 atom stereocenters. The average molecular weight is 342 g/mol. The zero-order valence-electron chi connectivity index (χ0n) is 13.5. The van der Waals surface area contributed by atoms with Crippen molar-refractivity contribution in [3.05, 3.63) is 58.3 Å². The number of benzene rings is 1. The number of anilines is 2. The van der Waals surface area contributed by atoms with Gasteiger partial charge in [0, 0.05) is 31.1 Å². The molecule has 2 aromatic rings. The normalized spacial score (nSPS) is 16.4. The third-order valence-electron chi connectivity index (χ3n) is 3.86. The minimum atomic E-state index is -0.479. The van der Waals surface area contributed by atoms with E-state index in [0.29, 0.717) is 18.8 Å². The molecule has 1 aromatic heterocycles. The maximum absolute atomic E-state index is 12.1. The number of ether oxygens (including phenoxy) is 1. The number of hydrogen-bond donors (Lipinski definition) is 2. The maximum atomic E-state index is 12.1. The second-order valence-corrected chi connectivity index (χ2v) is 5.67. The molecular formula is C17H18N4O4. The third kappa shape index (κ3) is 4.30. The van der Waals surface area contributed by atoms with Gasteiger partial charge in [-0.1, -0.05) is 12.1 Å². The van der Waals surface area contributed by atoms with Crippen LogP contribution in [0.25, 0.3) is 0 Å². The minimum absolute atomic E-state index is 0.0784. The van der Waals surface area contributed by atoms with Gasteiger partial charge in [-0.2, -0.15) is 0 Å². The molecule has 1 aromatic carbocycles. The summed E-state index contributed by atoms with van der Waals surface area (Å²) >= 11 is 0. The van der Waals surface area contributed by atoms with E-state index >= 15 is 0 Å². The fraction of sp³-hybridized carbons (Fsp3) is 0.294. The predicted octanol–water partition coefficient (Wildman–Crippen LogP) is 2.72. The fourth-order valence-electron chi connectivity index (χ4n) is 2.63. The maximum Gasteiger partial charge on any atom is 0.311 e. The number of aromatic nitrogens is 1. The van der Waals surface area contributed by atoms with Gasteiger partial charge in [0.2, 0.25) is 5.82 Å². The van der Waals surface area contributed by atoms with Crippen LogP contribution in [0.4, 0.5) is 17.2 Å². The molecule has 0 bridgehead atoms. The number of nitro groups is 1. The fourth-order valence-corrected chi connectivity index (χ4v) is 2.63. The van der Waals surface area contributed by atoms with Crippen molar-refractivity contribution in [2.24, 2.45) is 0 Å². The van der Waals surface area contributed by atoms with Crippen LogP contribution in [0.15, 0.2) is 42.6 Å². The SMILES string of the molecule is O=C(Nc1cccc(CNc2ncccc2[N+](=O)[O-])c1)[C@H]1CCCO1. The lowest BCUT2D eigenvalue weighted by molar-refractivity contribution is -0.384. The zero-order chi connectivity index (χ0) is 17.6. The van der Waals surface area contributed by atoms with Crippen LogP contribution in [0.2, 0.25) is 0 Å². The lowest BCUT2D eigenvalue weighted by Crippen LogP contribution is -2.26. The molecule has 0 radical (unpaired) electrons. The number of amides is 1. The molecule has 1 fully saturated rings. The van der Waals surface area contributed by atoms with Gasteiger partial charge in [-0.05, 0) is 36.6 Å². The van der Waals surface area contributed by atoms with Gasteiger partial charge in [0.1, 0.15) is 6.10 Å². The first-order valence-corrected chi connectivity index (χ1v) is 7.98. The van der Waals surface area contributed by atoms with Crippen LogP contribution in [0.3, 0.4) is 0 Å². The molecule has 0 spiro atoms. The molecule has 1 amide bonds. The highest BCUT2D eigenvalue weighted by Gasteiger charge is 2.23. The van der Waals surface area contributed by atoms with E-state index in [1.807, 2.05) is 18.2 Å². The Morgan fingerprint density at radius 1 is 1.36 bits per heavy atom. The van der Waals surface area contributed by atoms with E-state index in [4.69, 9.17) is 4.74 Å². The minimum Gasteiger partial charge on any atom is -0.368 e. The van der Waals surface area contributed by atoms with Crippen LogP contribution in [-0.2, 0) is 16.1 Å². The highest BCUT2D eigenvalue weighted by atomic mass is 16.6. The van der Waals surface area contributed by atoms with Gasteiger partial charge in [0.25, 0.3) is 5.91 Å². The molecule has 0 saturated carbocycles. The molecule has 1 aliphatic heterocycles. The number of pyridine rings is 1. The molecule has 25 heavy (non-hydrogen) atoms. The Morgan fingerprint density at radius 3 is 3.00 bits per heavy atom. The largest absolute Gasteiger partial charge is 0.368 e. The molecule has 3 rings (SSSR count). The van der Waals surface area contributed by atoms with Crippen LogP contribution < -0.4 is 10.6 Å². The van der Waals surface area contributed by atoms with Gasteiger partial charge >= 0.3 is 5.69 Å². The van der Waals surface area contributed by atoms with Gasteiger partial charge in [0.05, 0.1) is 4.92 Å². The van der Waals surface area contributed by atoms with E-state index in [1.165, 1.54) is 18.3 Å². The first-order valence-electron chi connectivity index (χ1n) is 7.98. The first-order chi connectivity index (χ1) is 12.1. The second-order valence-electron chi connectivity index (χ2n) is 5.67. The summed E-state index contributed by atoms with van der Waals surface area (Å²) in [5.74, 6) is 0.0595. The Labute approximate surface area is 144 Å². The lowest BCUT2D eigenvalue weighted by Gasteiger charge is -2.12. The smallest absolute Gasteiger partial charge is 0.311 e. The molecule has 130 valence electrons. The van der Waals surface area contributed by atoms with Crippen molar-refractivity contribution in [3.8, 4) is 0 Å². The summed E-state index contributed by atoms with van der Waals surface area (Å²) in [6.07, 6.45) is 2.73. The van der Waals surface area contributed by atoms with Crippen molar-refractivity contribution < 1.29 is 14.5 Å². The Morgan fingerprint density at radius 2 is 2.24 bits per heavy atom. The van der Waals surface area contributed by atoms with Crippen LogP contribution in [0, 0.1) is 10.1 Å². The first kappa shape index (κ1) is 16.8. The summed E-state index contributed by atoms with van der Waals surface area (Å²) in [6, 6.07) is 10.2. The van der Waals surface area contributed by atoms with E-state index in [1.54, 1.807) is 6.07 Å². The van der Waals surface area contributed by atoms with E-state index < -0.39 is 11.0 Å². The molecule has 0 aliphatic carbocycles. The topological polar surface area (TPSA) is 106 Å². The van der Waals surface area contributed by atoms with Crippen LogP contribution in [0.1, 0.15) is 18.4 Å². The van der Waals surface area contributed by atoms with Gasteiger partial charge in [-0.3, -0.25) is 14.9 Å². The molecular weight excluding hydrogens is 324 g/mol. The summed E-state index contributed by atoms with van der Waals surface area (Å²) in [4.78, 5) is 26.6. The summed E-state index contributed by atoms with van der Waals surface area (Å²) in [6.45, 7) is 0.965. The molecule has 0 unspecified atom stereocenters. The highest BCUT2D eigenvalue weighted by molar-refractivity contribution is 5.94. The van der Waals surface area contributed by atoms with Crippen LogP contribution in [0.5, 0.6) is 0 Å². The quantitative estimate of drug-likeness (QED) is 0.617. The number of nitrogens with one attached hydrogen (secondary N) is 2. The van der Waals surface area contributed by atoms with Gasteiger partial charge in [-0.25, -0.2) is 4.98 Å². The average Bonchev–Trinajstić information content (AvgIpc) is 3.15. The van der Waals surface area contributed by atoms with E-state index in [0.717, 1.165) is 18.4 Å². The lowest BCUT2D eigenvalue weighted by atomic mass is 10.2. The van der Waals surface area contributed by atoms with Crippen molar-refractivity contribution in [3.63, 3.8) is 0 Å². The molecule has 2 heterocycles. The highest BCUT2D eigenvalue weighted by Crippen LogP contribution is 2.22. The summed E-state index contributed by atoms with van der Waals surface area (Å²) in [7, 11) is 0. The monoisotopic (exact) mass is 342 g/mol. The van der Waals surface area contributed by atoms with Crippen molar-refractivity contribution in [2.75, 3.05) is 17.2 Å². The van der Waals surface area contributed by atoms with E-state index in [9.17, 15) is 14.9 Å². The second kappa shape index (κ2) is 7.71.